The maximum absolute atomic E-state index is 9.57. The van der Waals surface area contributed by atoms with E-state index in [9.17, 15) is 5.26 Å². The van der Waals surface area contributed by atoms with Crippen LogP contribution in [0.4, 0.5) is 0 Å². The average molecular weight is 293 g/mol. The van der Waals surface area contributed by atoms with Gasteiger partial charge in [-0.3, -0.25) is 5.32 Å². The predicted octanol–water partition coefficient (Wildman–Crippen LogP) is 4.09. The number of nitriles is 1. The zero-order valence-corrected chi connectivity index (χ0v) is 14.6. The molecule has 0 aliphatic heterocycles. The lowest BCUT2D eigenvalue weighted by molar-refractivity contribution is 0.204. The molecule has 0 aromatic rings. The van der Waals surface area contributed by atoms with Gasteiger partial charge >= 0.3 is 0 Å². The van der Waals surface area contributed by atoms with Crippen LogP contribution in [0.15, 0.2) is 0 Å². The molecule has 0 heterocycles. The Balaban J connectivity index is 2.37. The summed E-state index contributed by atoms with van der Waals surface area (Å²) < 4.78 is 0. The van der Waals surface area contributed by atoms with Gasteiger partial charge in [0.2, 0.25) is 0 Å². The summed E-state index contributed by atoms with van der Waals surface area (Å²) in [6.07, 6.45) is 9.41. The molecule has 1 rings (SSSR count). The van der Waals surface area contributed by atoms with E-state index in [0.29, 0.717) is 12.1 Å². The van der Waals surface area contributed by atoms with Crippen LogP contribution >= 0.6 is 0 Å². The number of hydrogen-bond donors (Lipinski definition) is 1. The van der Waals surface area contributed by atoms with Crippen molar-refractivity contribution in [1.82, 2.24) is 10.2 Å². The molecule has 0 saturated heterocycles. The Morgan fingerprint density at radius 1 is 1.19 bits per heavy atom. The van der Waals surface area contributed by atoms with Gasteiger partial charge in [0, 0.05) is 12.1 Å². The van der Waals surface area contributed by atoms with E-state index < -0.39 is 0 Å². The third-order valence-corrected chi connectivity index (χ3v) is 4.70. The van der Waals surface area contributed by atoms with Crippen molar-refractivity contribution in [3.8, 4) is 6.07 Å². The van der Waals surface area contributed by atoms with Gasteiger partial charge in [0.15, 0.2) is 0 Å². The highest BCUT2D eigenvalue weighted by Crippen LogP contribution is 2.26. The van der Waals surface area contributed by atoms with Gasteiger partial charge in [-0.1, -0.05) is 26.7 Å². The summed E-state index contributed by atoms with van der Waals surface area (Å²) in [5.41, 5.74) is -0.284. The van der Waals surface area contributed by atoms with Crippen molar-refractivity contribution >= 4 is 0 Å². The Labute approximate surface area is 132 Å². The highest BCUT2D eigenvalue weighted by Gasteiger charge is 2.34. The molecule has 0 radical (unpaired) electrons. The summed E-state index contributed by atoms with van der Waals surface area (Å²) >= 11 is 0. The molecular formula is C18H35N3. The second kappa shape index (κ2) is 9.43. The molecule has 0 aromatic carbocycles. The molecule has 1 fully saturated rings. The molecule has 1 aliphatic rings. The first kappa shape index (κ1) is 18.5. The van der Waals surface area contributed by atoms with Gasteiger partial charge in [0.25, 0.3) is 0 Å². The molecule has 1 N–H and O–H groups in total. The molecule has 0 spiro atoms. The normalized spacial score (nSPS) is 18.0. The van der Waals surface area contributed by atoms with Gasteiger partial charge in [-0.15, -0.1) is 0 Å². The lowest BCUT2D eigenvalue weighted by Crippen LogP contribution is -2.45. The average Bonchev–Trinajstić information content (AvgIpc) is 3.28. The Bertz CT molecular complexity index is 317. The topological polar surface area (TPSA) is 39.1 Å². The molecule has 1 saturated carbocycles. The first-order valence-electron chi connectivity index (χ1n) is 9.00. The first-order chi connectivity index (χ1) is 10.1. The van der Waals surface area contributed by atoms with E-state index in [1.165, 1.54) is 38.6 Å². The number of hydrogen-bond acceptors (Lipinski definition) is 3. The SMILES string of the molecule is CCCCCN(CCCC(C#N)(CC)NC1CC1)C(C)C. The minimum absolute atomic E-state index is 0.284. The first-order valence-corrected chi connectivity index (χ1v) is 9.00. The lowest BCUT2D eigenvalue weighted by Gasteiger charge is -2.30. The van der Waals surface area contributed by atoms with Crippen LogP contribution in [0, 0.1) is 11.3 Å². The van der Waals surface area contributed by atoms with E-state index in [0.717, 1.165) is 25.8 Å². The third kappa shape index (κ3) is 6.80. The van der Waals surface area contributed by atoms with Crippen LogP contribution in [0.2, 0.25) is 0 Å². The monoisotopic (exact) mass is 293 g/mol. The van der Waals surface area contributed by atoms with Crippen molar-refractivity contribution in [2.45, 2.75) is 96.7 Å². The maximum Gasteiger partial charge on any atom is 0.106 e. The Kier molecular flexibility index (Phi) is 8.29. The molecule has 3 nitrogen and oxygen atoms in total. The molecular weight excluding hydrogens is 258 g/mol. The fraction of sp³-hybridized carbons (Fsp3) is 0.944. The van der Waals surface area contributed by atoms with Gasteiger partial charge in [0.05, 0.1) is 6.07 Å². The second-order valence-electron chi connectivity index (χ2n) is 6.91. The zero-order valence-electron chi connectivity index (χ0n) is 14.6. The smallest absolute Gasteiger partial charge is 0.106 e. The van der Waals surface area contributed by atoms with Crippen molar-refractivity contribution < 1.29 is 0 Å². The van der Waals surface area contributed by atoms with Gasteiger partial charge in [-0.2, -0.15) is 5.26 Å². The van der Waals surface area contributed by atoms with Crippen LogP contribution in [-0.4, -0.2) is 35.6 Å². The van der Waals surface area contributed by atoms with E-state index in [-0.39, 0.29) is 5.54 Å². The van der Waals surface area contributed by atoms with Gasteiger partial charge in [-0.25, -0.2) is 0 Å². The summed E-state index contributed by atoms with van der Waals surface area (Å²) in [4.78, 5) is 2.57. The lowest BCUT2D eigenvalue weighted by atomic mass is 9.91. The summed E-state index contributed by atoms with van der Waals surface area (Å²) in [5, 5.41) is 13.2. The van der Waals surface area contributed by atoms with Gasteiger partial charge in [0.1, 0.15) is 5.54 Å². The Morgan fingerprint density at radius 3 is 2.33 bits per heavy atom. The molecule has 122 valence electrons. The van der Waals surface area contributed by atoms with Crippen LogP contribution in [0.1, 0.15) is 79.1 Å². The van der Waals surface area contributed by atoms with Crippen molar-refractivity contribution in [3.63, 3.8) is 0 Å². The predicted molar refractivity (Wildman–Crippen MR) is 90.3 cm³/mol. The third-order valence-electron chi connectivity index (χ3n) is 4.70. The van der Waals surface area contributed by atoms with Crippen LogP contribution in [0.25, 0.3) is 0 Å². The standard InChI is InChI=1S/C18H35N3/c1-5-7-8-13-21(16(3)4)14-9-12-18(6-2,15-19)20-17-10-11-17/h16-17,20H,5-14H2,1-4H3. The Hall–Kier alpha value is -0.590. The zero-order chi connectivity index (χ0) is 15.7. The summed E-state index contributed by atoms with van der Waals surface area (Å²) in [6, 6.07) is 3.78. The van der Waals surface area contributed by atoms with E-state index in [1.54, 1.807) is 0 Å². The molecule has 1 aliphatic carbocycles. The summed E-state index contributed by atoms with van der Waals surface area (Å²) in [5.74, 6) is 0. The van der Waals surface area contributed by atoms with Crippen LogP contribution < -0.4 is 5.32 Å². The fourth-order valence-electron chi connectivity index (χ4n) is 2.91. The minimum atomic E-state index is -0.284. The van der Waals surface area contributed by atoms with Crippen LogP contribution in [0.5, 0.6) is 0 Å². The van der Waals surface area contributed by atoms with E-state index >= 15 is 0 Å². The summed E-state index contributed by atoms with van der Waals surface area (Å²) in [6.45, 7) is 11.3. The number of rotatable bonds is 12. The minimum Gasteiger partial charge on any atom is -0.301 e. The Morgan fingerprint density at radius 2 is 1.86 bits per heavy atom. The number of nitrogens with one attached hydrogen (secondary N) is 1. The molecule has 1 atom stereocenters. The van der Waals surface area contributed by atoms with E-state index in [4.69, 9.17) is 0 Å². The van der Waals surface area contributed by atoms with Crippen LogP contribution in [0.3, 0.4) is 0 Å². The molecule has 0 aromatic heterocycles. The van der Waals surface area contributed by atoms with Crippen molar-refractivity contribution in [1.29, 1.82) is 5.26 Å². The van der Waals surface area contributed by atoms with Crippen molar-refractivity contribution in [2.24, 2.45) is 0 Å². The molecule has 0 amide bonds. The van der Waals surface area contributed by atoms with Crippen LogP contribution in [-0.2, 0) is 0 Å². The van der Waals surface area contributed by atoms with Gasteiger partial charge < -0.3 is 4.90 Å². The van der Waals surface area contributed by atoms with Crippen molar-refractivity contribution in [2.75, 3.05) is 13.1 Å². The van der Waals surface area contributed by atoms with Gasteiger partial charge in [-0.05, 0) is 65.5 Å². The molecule has 21 heavy (non-hydrogen) atoms. The summed E-state index contributed by atoms with van der Waals surface area (Å²) in [7, 11) is 0. The van der Waals surface area contributed by atoms with E-state index in [2.05, 4.69) is 44.0 Å². The van der Waals surface area contributed by atoms with E-state index in [1.807, 2.05) is 0 Å². The molecule has 0 bridgehead atoms. The highest BCUT2D eigenvalue weighted by molar-refractivity contribution is 5.09. The number of unbranched alkanes of at least 4 members (excludes halogenated alkanes) is 2. The molecule has 1 unspecified atom stereocenters. The maximum atomic E-state index is 9.57. The largest absolute Gasteiger partial charge is 0.301 e. The second-order valence-corrected chi connectivity index (χ2v) is 6.91. The fourth-order valence-corrected chi connectivity index (χ4v) is 2.91. The highest BCUT2D eigenvalue weighted by atomic mass is 15.1. The van der Waals surface area contributed by atoms with Crippen molar-refractivity contribution in [3.05, 3.63) is 0 Å². The number of nitrogens with zero attached hydrogens (tertiary/aromatic N) is 2. The molecule has 3 heteroatoms. The quantitative estimate of drug-likeness (QED) is 0.551.